The van der Waals surface area contributed by atoms with Crippen LogP contribution < -0.4 is 33.2 Å². The summed E-state index contributed by atoms with van der Waals surface area (Å²) in [6, 6.07) is 6.08. The number of nitrogens with two attached hydrogens (primary N) is 3. The van der Waals surface area contributed by atoms with Crippen LogP contribution in [-0.2, 0) is 41.6 Å². The molecule has 0 bridgehead atoms. The number of carbonyl (C=O) groups is 6. The number of nitrogens with one attached hydrogen (secondary N) is 3. The van der Waals surface area contributed by atoms with Crippen molar-refractivity contribution in [3.05, 3.63) is 59.7 Å². The Hall–Kier alpha value is -5.18. The largest absolute Gasteiger partial charge is 0.508 e. The minimum absolute atomic E-state index is 0.0249. The van der Waals surface area contributed by atoms with Crippen LogP contribution in [0.3, 0.4) is 0 Å². The first-order chi connectivity index (χ1) is 20.2. The summed E-state index contributed by atoms with van der Waals surface area (Å²) >= 11 is 0. The highest BCUT2D eigenvalue weighted by atomic mass is 16.4. The van der Waals surface area contributed by atoms with Crippen LogP contribution in [0.15, 0.2) is 48.5 Å². The molecule has 0 spiro atoms. The Morgan fingerprint density at radius 3 is 1.47 bits per heavy atom. The van der Waals surface area contributed by atoms with Gasteiger partial charge in [-0.1, -0.05) is 24.3 Å². The molecule has 15 nitrogen and oxygen atoms in total. The van der Waals surface area contributed by atoms with Crippen LogP contribution in [0.4, 0.5) is 0 Å². The van der Waals surface area contributed by atoms with E-state index in [1.165, 1.54) is 48.5 Å². The number of benzene rings is 2. The number of carboxylic acid groups (broad SMARTS) is 1. The molecule has 4 atom stereocenters. The fraction of sp³-hybridized carbons (Fsp3) is 0.357. The molecule has 15 heteroatoms. The van der Waals surface area contributed by atoms with Crippen molar-refractivity contribution in [3.63, 3.8) is 0 Å². The van der Waals surface area contributed by atoms with Crippen molar-refractivity contribution in [2.24, 2.45) is 17.2 Å². The van der Waals surface area contributed by atoms with E-state index in [1.807, 2.05) is 0 Å². The lowest BCUT2D eigenvalue weighted by Gasteiger charge is -2.25. The highest BCUT2D eigenvalue weighted by Crippen LogP contribution is 2.14. The molecule has 4 unspecified atom stereocenters. The summed E-state index contributed by atoms with van der Waals surface area (Å²) in [5.74, 6) is -5.44. The Kier molecular flexibility index (Phi) is 12.9. The van der Waals surface area contributed by atoms with Gasteiger partial charge in [-0.25, -0.2) is 4.79 Å². The van der Waals surface area contributed by atoms with E-state index in [-0.39, 0.29) is 50.0 Å². The van der Waals surface area contributed by atoms with Gasteiger partial charge in [0.25, 0.3) is 0 Å². The van der Waals surface area contributed by atoms with Gasteiger partial charge in [0.05, 0.1) is 6.04 Å². The smallest absolute Gasteiger partial charge is 0.326 e. The van der Waals surface area contributed by atoms with E-state index in [1.54, 1.807) is 0 Å². The predicted molar refractivity (Wildman–Crippen MR) is 152 cm³/mol. The van der Waals surface area contributed by atoms with Gasteiger partial charge in [-0.2, -0.15) is 0 Å². The van der Waals surface area contributed by atoms with Gasteiger partial charge in [-0.05, 0) is 48.2 Å². The van der Waals surface area contributed by atoms with Gasteiger partial charge in [0.2, 0.25) is 29.5 Å². The predicted octanol–water partition coefficient (Wildman–Crippen LogP) is -1.72. The van der Waals surface area contributed by atoms with Crippen LogP contribution >= 0.6 is 0 Å². The lowest BCUT2D eigenvalue weighted by atomic mass is 10.0. The molecule has 2 aromatic rings. The molecule has 5 amide bonds. The fourth-order valence-electron chi connectivity index (χ4n) is 3.95. The number of carbonyl (C=O) groups excluding carboxylic acids is 5. The highest BCUT2D eigenvalue weighted by Gasteiger charge is 2.31. The number of amides is 5. The van der Waals surface area contributed by atoms with Crippen molar-refractivity contribution in [3.8, 4) is 11.5 Å². The van der Waals surface area contributed by atoms with Gasteiger partial charge in [0.15, 0.2) is 0 Å². The maximum atomic E-state index is 13.4. The van der Waals surface area contributed by atoms with Gasteiger partial charge in [-0.3, -0.25) is 24.0 Å². The molecule has 43 heavy (non-hydrogen) atoms. The average molecular weight is 601 g/mol. The Morgan fingerprint density at radius 1 is 0.605 bits per heavy atom. The average Bonchev–Trinajstić information content (AvgIpc) is 2.94. The third kappa shape index (κ3) is 12.1. The van der Waals surface area contributed by atoms with Crippen LogP contribution in [0.1, 0.15) is 36.8 Å². The Morgan fingerprint density at radius 2 is 1.00 bits per heavy atom. The van der Waals surface area contributed by atoms with E-state index in [4.69, 9.17) is 17.2 Å². The molecule has 2 rings (SSSR count). The van der Waals surface area contributed by atoms with Gasteiger partial charge in [0.1, 0.15) is 29.6 Å². The zero-order chi connectivity index (χ0) is 32.1. The summed E-state index contributed by atoms with van der Waals surface area (Å²) in [5.41, 5.74) is 17.1. The van der Waals surface area contributed by atoms with Crippen molar-refractivity contribution < 1.29 is 44.1 Å². The molecule has 12 N–H and O–H groups in total. The summed E-state index contributed by atoms with van der Waals surface area (Å²) in [6.07, 6.45) is -1.12. The van der Waals surface area contributed by atoms with E-state index in [2.05, 4.69) is 16.0 Å². The number of phenolic OH excluding ortho intramolecular Hbond substituents is 2. The molecule has 0 aliphatic rings. The van der Waals surface area contributed by atoms with Crippen molar-refractivity contribution in [1.29, 1.82) is 0 Å². The second-order valence-corrected chi connectivity index (χ2v) is 9.88. The van der Waals surface area contributed by atoms with E-state index in [0.29, 0.717) is 11.1 Å². The Balaban J connectivity index is 2.28. The molecule has 0 radical (unpaired) electrons. The first-order valence-corrected chi connectivity index (χ1v) is 13.3. The lowest BCUT2D eigenvalue weighted by Crippen LogP contribution is -2.58. The SMILES string of the molecule is NC(=O)CCC(N)C(=O)NC(CCC(N)=O)C(=O)NC(Cc1ccc(O)cc1)C(=O)NC(Cc1ccc(O)cc1)C(=O)O. The third-order valence-electron chi connectivity index (χ3n) is 6.35. The van der Waals surface area contributed by atoms with Gasteiger partial charge < -0.3 is 48.5 Å². The van der Waals surface area contributed by atoms with Gasteiger partial charge in [-0.15, -0.1) is 0 Å². The van der Waals surface area contributed by atoms with Gasteiger partial charge in [0, 0.05) is 25.7 Å². The lowest BCUT2D eigenvalue weighted by molar-refractivity contribution is -0.142. The molecule has 232 valence electrons. The molecular weight excluding hydrogens is 564 g/mol. The van der Waals surface area contributed by atoms with E-state index in [0.717, 1.165) is 0 Å². The molecule has 0 aromatic heterocycles. The third-order valence-corrected chi connectivity index (χ3v) is 6.35. The zero-order valence-corrected chi connectivity index (χ0v) is 23.2. The summed E-state index contributed by atoms with van der Waals surface area (Å²) in [7, 11) is 0. The maximum Gasteiger partial charge on any atom is 0.326 e. The van der Waals surface area contributed by atoms with Crippen molar-refractivity contribution >= 4 is 35.5 Å². The minimum Gasteiger partial charge on any atom is -0.508 e. The molecule has 0 heterocycles. The molecule has 0 fully saturated rings. The van der Waals surface area contributed by atoms with Crippen molar-refractivity contribution in [2.45, 2.75) is 62.7 Å². The summed E-state index contributed by atoms with van der Waals surface area (Å²) in [5, 5.41) is 36.1. The zero-order valence-electron chi connectivity index (χ0n) is 23.2. The number of hydrogen-bond donors (Lipinski definition) is 9. The first kappa shape index (κ1) is 34.0. The molecule has 0 aliphatic heterocycles. The normalized spacial score (nSPS) is 13.5. The summed E-state index contributed by atoms with van der Waals surface area (Å²) in [6.45, 7) is 0. The second kappa shape index (κ2) is 16.3. The highest BCUT2D eigenvalue weighted by molar-refractivity contribution is 5.94. The maximum absolute atomic E-state index is 13.4. The quantitative estimate of drug-likeness (QED) is 0.0990. The number of carboxylic acids is 1. The van der Waals surface area contributed by atoms with Crippen LogP contribution in [0.25, 0.3) is 0 Å². The molecule has 2 aromatic carbocycles. The minimum atomic E-state index is -1.41. The number of rotatable bonds is 17. The van der Waals surface area contributed by atoms with Crippen molar-refractivity contribution in [1.82, 2.24) is 16.0 Å². The van der Waals surface area contributed by atoms with E-state index < -0.39 is 59.7 Å². The number of aromatic hydroxyl groups is 2. The van der Waals surface area contributed by atoms with Gasteiger partial charge >= 0.3 is 5.97 Å². The molecular formula is C28H36N6O9. The summed E-state index contributed by atoms with van der Waals surface area (Å²) in [4.78, 5) is 73.7. The molecule has 0 saturated heterocycles. The second-order valence-electron chi connectivity index (χ2n) is 9.88. The first-order valence-electron chi connectivity index (χ1n) is 13.3. The van der Waals surface area contributed by atoms with Crippen LogP contribution in [0.2, 0.25) is 0 Å². The van der Waals surface area contributed by atoms with Crippen LogP contribution in [-0.4, -0.2) is 75.0 Å². The number of aliphatic carboxylic acids is 1. The number of phenols is 2. The van der Waals surface area contributed by atoms with E-state index in [9.17, 15) is 44.1 Å². The molecule has 0 aliphatic carbocycles. The monoisotopic (exact) mass is 600 g/mol. The van der Waals surface area contributed by atoms with Crippen LogP contribution in [0.5, 0.6) is 11.5 Å². The fourth-order valence-corrected chi connectivity index (χ4v) is 3.95. The summed E-state index contributed by atoms with van der Waals surface area (Å²) < 4.78 is 0. The van der Waals surface area contributed by atoms with Crippen molar-refractivity contribution in [2.75, 3.05) is 0 Å². The Labute approximate surface area is 246 Å². The topological polar surface area (TPSA) is 277 Å². The standard InChI is InChI=1S/C28H36N6O9/c29-19(9-11-23(30)37)25(39)32-20(10-12-24(31)38)26(40)33-21(13-15-1-5-17(35)6-2-15)27(41)34-22(28(42)43)14-16-3-7-18(36)8-4-16/h1-8,19-22,35-36H,9-14,29H2,(H2,30,37)(H2,31,38)(H,32,39)(H,33,40)(H,34,41)(H,42,43). The number of primary amides is 2. The number of hydrogen-bond acceptors (Lipinski definition) is 9. The Bertz CT molecular complexity index is 1300. The van der Waals surface area contributed by atoms with E-state index >= 15 is 0 Å². The van der Waals surface area contributed by atoms with Crippen LogP contribution in [0, 0.1) is 0 Å². The molecule has 0 saturated carbocycles.